The van der Waals surface area contributed by atoms with Gasteiger partial charge in [0, 0.05) is 17.8 Å². The van der Waals surface area contributed by atoms with Gasteiger partial charge in [0.1, 0.15) is 0 Å². The molecule has 5 nitrogen and oxygen atoms in total. The fourth-order valence-electron chi connectivity index (χ4n) is 2.83. The summed E-state index contributed by atoms with van der Waals surface area (Å²) in [5, 5.41) is 7.47. The van der Waals surface area contributed by atoms with Gasteiger partial charge < -0.3 is 5.32 Å². The summed E-state index contributed by atoms with van der Waals surface area (Å²) >= 11 is 0. The van der Waals surface area contributed by atoms with Crippen LogP contribution in [0.4, 0.5) is 0 Å². The van der Waals surface area contributed by atoms with Gasteiger partial charge >= 0.3 is 0 Å². The molecular formula is C20H20N4O. The molecule has 4 rings (SSSR count). The molecule has 1 aliphatic carbocycles. The van der Waals surface area contributed by atoms with Crippen LogP contribution in [0.2, 0.25) is 0 Å². The zero-order chi connectivity index (χ0) is 17.2. The van der Waals surface area contributed by atoms with Gasteiger partial charge in [0.05, 0.1) is 17.9 Å². The van der Waals surface area contributed by atoms with E-state index >= 15 is 0 Å². The monoisotopic (exact) mass is 332 g/mol. The Hall–Kier alpha value is -2.95. The highest BCUT2D eigenvalue weighted by molar-refractivity contribution is 5.92. The molecular weight excluding hydrogens is 312 g/mol. The summed E-state index contributed by atoms with van der Waals surface area (Å²) in [5.41, 5.74) is 4.61. The first kappa shape index (κ1) is 15.6. The van der Waals surface area contributed by atoms with Gasteiger partial charge in [-0.15, -0.1) is 0 Å². The van der Waals surface area contributed by atoms with Crippen LogP contribution in [0.5, 0.6) is 0 Å². The van der Waals surface area contributed by atoms with E-state index in [1.54, 1.807) is 6.20 Å². The smallest absolute Gasteiger partial charge is 0.272 e. The Morgan fingerprint density at radius 3 is 2.68 bits per heavy atom. The lowest BCUT2D eigenvalue weighted by molar-refractivity contribution is 0.0945. The number of aryl methyl sites for hydroxylation is 1. The van der Waals surface area contributed by atoms with Crippen molar-refractivity contribution in [3.8, 4) is 5.69 Å². The summed E-state index contributed by atoms with van der Waals surface area (Å²) in [6, 6.07) is 15.8. The second-order valence-corrected chi connectivity index (χ2v) is 6.48. The quantitative estimate of drug-likeness (QED) is 0.779. The number of nitrogens with one attached hydrogen (secondary N) is 1. The van der Waals surface area contributed by atoms with Crippen molar-refractivity contribution < 1.29 is 4.79 Å². The largest absolute Gasteiger partial charge is 0.345 e. The molecule has 1 saturated carbocycles. The van der Waals surface area contributed by atoms with Crippen molar-refractivity contribution in [1.82, 2.24) is 20.1 Å². The van der Waals surface area contributed by atoms with Crippen LogP contribution in [-0.4, -0.2) is 20.7 Å². The Labute approximate surface area is 146 Å². The molecule has 3 aromatic rings. The Morgan fingerprint density at radius 1 is 1.20 bits per heavy atom. The van der Waals surface area contributed by atoms with Gasteiger partial charge in [-0.2, -0.15) is 5.10 Å². The maximum absolute atomic E-state index is 12.5. The van der Waals surface area contributed by atoms with E-state index in [-0.39, 0.29) is 5.91 Å². The SMILES string of the molecule is Cc1ccc(-n2nc(C(=O)NCc3ccccn3)cc2C2CC2)cc1. The highest BCUT2D eigenvalue weighted by atomic mass is 16.1. The van der Waals surface area contributed by atoms with Crippen LogP contribution in [0.25, 0.3) is 5.69 Å². The fraction of sp³-hybridized carbons (Fsp3) is 0.250. The van der Waals surface area contributed by atoms with Gasteiger partial charge in [-0.1, -0.05) is 23.8 Å². The molecule has 0 bridgehead atoms. The molecule has 0 aliphatic heterocycles. The predicted molar refractivity (Wildman–Crippen MR) is 95.7 cm³/mol. The van der Waals surface area contributed by atoms with Crippen molar-refractivity contribution >= 4 is 5.91 Å². The van der Waals surface area contributed by atoms with Crippen LogP contribution in [0, 0.1) is 6.92 Å². The summed E-state index contributed by atoms with van der Waals surface area (Å²) < 4.78 is 1.91. The summed E-state index contributed by atoms with van der Waals surface area (Å²) in [7, 11) is 0. The topological polar surface area (TPSA) is 59.8 Å². The van der Waals surface area contributed by atoms with Gasteiger partial charge in [-0.25, -0.2) is 4.68 Å². The molecule has 1 N–H and O–H groups in total. The van der Waals surface area contributed by atoms with E-state index in [1.165, 1.54) is 5.56 Å². The minimum Gasteiger partial charge on any atom is -0.345 e. The van der Waals surface area contributed by atoms with Crippen LogP contribution in [-0.2, 0) is 6.54 Å². The molecule has 0 radical (unpaired) electrons. The van der Waals surface area contributed by atoms with E-state index in [4.69, 9.17) is 0 Å². The van der Waals surface area contributed by atoms with Crippen LogP contribution < -0.4 is 5.32 Å². The Kier molecular flexibility index (Phi) is 4.06. The zero-order valence-electron chi connectivity index (χ0n) is 14.1. The number of carbonyl (C=O) groups is 1. The van der Waals surface area contributed by atoms with E-state index in [9.17, 15) is 4.79 Å². The first-order chi connectivity index (χ1) is 12.2. The third-order valence-corrected chi connectivity index (χ3v) is 4.40. The Bertz CT molecular complexity index is 880. The number of pyridine rings is 1. The highest BCUT2D eigenvalue weighted by Crippen LogP contribution is 2.41. The number of nitrogens with zero attached hydrogens (tertiary/aromatic N) is 3. The molecule has 0 saturated heterocycles. The minimum absolute atomic E-state index is 0.168. The molecule has 25 heavy (non-hydrogen) atoms. The van der Waals surface area contributed by atoms with Gasteiger partial charge in [0.2, 0.25) is 0 Å². The molecule has 2 heterocycles. The second-order valence-electron chi connectivity index (χ2n) is 6.48. The van der Waals surface area contributed by atoms with Crippen molar-refractivity contribution in [2.24, 2.45) is 0 Å². The van der Waals surface area contributed by atoms with E-state index < -0.39 is 0 Å². The lowest BCUT2D eigenvalue weighted by atomic mass is 10.2. The lowest BCUT2D eigenvalue weighted by Gasteiger charge is -2.06. The van der Waals surface area contributed by atoms with E-state index in [0.717, 1.165) is 29.9 Å². The number of amides is 1. The van der Waals surface area contributed by atoms with Crippen LogP contribution in [0.3, 0.4) is 0 Å². The Morgan fingerprint density at radius 2 is 2.00 bits per heavy atom. The van der Waals surface area contributed by atoms with Gasteiger partial charge in [0.15, 0.2) is 5.69 Å². The van der Waals surface area contributed by atoms with Crippen LogP contribution in [0.1, 0.15) is 46.2 Å². The summed E-state index contributed by atoms with van der Waals surface area (Å²) in [5.74, 6) is 0.338. The van der Waals surface area contributed by atoms with Crippen LogP contribution in [0.15, 0.2) is 54.7 Å². The van der Waals surface area contributed by atoms with Crippen molar-refractivity contribution in [2.45, 2.75) is 32.2 Å². The second kappa shape index (κ2) is 6.51. The van der Waals surface area contributed by atoms with Crippen molar-refractivity contribution in [3.63, 3.8) is 0 Å². The standard InChI is InChI=1S/C20H20N4O/c1-14-5-9-17(10-6-14)24-19(15-7-8-15)12-18(23-24)20(25)22-13-16-4-2-3-11-21-16/h2-6,9-12,15H,7-8,13H2,1H3,(H,22,25). The van der Waals surface area contributed by atoms with Crippen molar-refractivity contribution in [1.29, 1.82) is 0 Å². The number of carbonyl (C=O) groups excluding carboxylic acids is 1. The van der Waals surface area contributed by atoms with Gasteiger partial charge in [-0.05, 0) is 50.1 Å². The molecule has 0 spiro atoms. The molecule has 0 atom stereocenters. The summed E-state index contributed by atoms with van der Waals surface area (Å²) in [6.07, 6.45) is 4.04. The zero-order valence-corrected chi connectivity index (χ0v) is 14.1. The first-order valence-corrected chi connectivity index (χ1v) is 8.56. The van der Waals surface area contributed by atoms with Crippen LogP contribution >= 0.6 is 0 Å². The van der Waals surface area contributed by atoms with E-state index in [0.29, 0.717) is 18.2 Å². The van der Waals surface area contributed by atoms with Crippen molar-refractivity contribution in [2.75, 3.05) is 0 Å². The number of benzene rings is 1. The average molecular weight is 332 g/mol. The third-order valence-electron chi connectivity index (χ3n) is 4.40. The lowest BCUT2D eigenvalue weighted by Crippen LogP contribution is -2.23. The molecule has 1 aliphatic rings. The minimum atomic E-state index is -0.168. The third kappa shape index (κ3) is 3.45. The highest BCUT2D eigenvalue weighted by Gasteiger charge is 2.29. The number of aromatic nitrogens is 3. The molecule has 1 amide bonds. The van der Waals surface area contributed by atoms with Gasteiger partial charge in [0.25, 0.3) is 5.91 Å². The molecule has 126 valence electrons. The summed E-state index contributed by atoms with van der Waals surface area (Å²) in [6.45, 7) is 2.46. The predicted octanol–water partition coefficient (Wildman–Crippen LogP) is 3.38. The van der Waals surface area contributed by atoms with Crippen molar-refractivity contribution in [3.05, 3.63) is 77.4 Å². The van der Waals surface area contributed by atoms with Gasteiger partial charge in [-0.3, -0.25) is 9.78 Å². The maximum Gasteiger partial charge on any atom is 0.272 e. The number of hydrogen-bond donors (Lipinski definition) is 1. The average Bonchev–Trinajstić information content (AvgIpc) is 3.40. The molecule has 1 fully saturated rings. The first-order valence-electron chi connectivity index (χ1n) is 8.56. The Balaban J connectivity index is 1.56. The molecule has 5 heteroatoms. The molecule has 0 unspecified atom stereocenters. The number of hydrogen-bond acceptors (Lipinski definition) is 3. The molecule has 1 aromatic carbocycles. The number of rotatable bonds is 5. The van der Waals surface area contributed by atoms with E-state index in [2.05, 4.69) is 34.5 Å². The fourth-order valence-corrected chi connectivity index (χ4v) is 2.83. The summed E-state index contributed by atoms with van der Waals surface area (Å²) in [4.78, 5) is 16.7. The van der Waals surface area contributed by atoms with E-state index in [1.807, 2.05) is 41.1 Å². The maximum atomic E-state index is 12.5. The molecule has 2 aromatic heterocycles. The normalized spacial score (nSPS) is 13.6.